The summed E-state index contributed by atoms with van der Waals surface area (Å²) in [6, 6.07) is 3.54. The van der Waals surface area contributed by atoms with Gasteiger partial charge in [0.15, 0.2) is 0 Å². The Labute approximate surface area is 96.3 Å². The normalized spacial score (nSPS) is 10.1. The van der Waals surface area contributed by atoms with Crippen molar-refractivity contribution in [3.8, 4) is 0 Å². The molecule has 0 saturated carbocycles. The number of rotatable bonds is 6. The van der Waals surface area contributed by atoms with E-state index >= 15 is 0 Å². The van der Waals surface area contributed by atoms with Crippen LogP contribution in [0.4, 0.5) is 0 Å². The molecule has 1 rings (SSSR count). The Balaban J connectivity index is 2.46. The molecule has 0 aliphatic rings. The maximum Gasteiger partial charge on any atom is 0.269 e. The molecule has 88 valence electrons. The van der Waals surface area contributed by atoms with Crippen molar-refractivity contribution in [2.24, 2.45) is 5.73 Å². The van der Waals surface area contributed by atoms with Crippen molar-refractivity contribution in [3.05, 3.63) is 29.6 Å². The Bertz CT molecular complexity index is 339. The fraction of sp³-hybridized carbons (Fsp3) is 0.500. The number of pyridine rings is 1. The van der Waals surface area contributed by atoms with Crippen LogP contribution in [0.25, 0.3) is 0 Å². The first kappa shape index (κ1) is 12.6. The Kier molecular flexibility index (Phi) is 5.50. The predicted molar refractivity (Wildman–Crippen MR) is 64.0 cm³/mol. The van der Waals surface area contributed by atoms with Crippen molar-refractivity contribution < 1.29 is 4.79 Å². The highest BCUT2D eigenvalue weighted by atomic mass is 16.1. The van der Waals surface area contributed by atoms with Crippen molar-refractivity contribution in [3.63, 3.8) is 0 Å². The van der Waals surface area contributed by atoms with Crippen LogP contribution in [0.1, 0.15) is 42.2 Å². The molecule has 1 heterocycles. The number of carbonyl (C=O) groups excluding carboxylic acids is 1. The largest absolute Gasteiger partial charge is 0.351 e. The second kappa shape index (κ2) is 6.95. The third-order valence-corrected chi connectivity index (χ3v) is 2.36. The zero-order valence-corrected chi connectivity index (χ0v) is 9.70. The first-order valence-electron chi connectivity index (χ1n) is 5.71. The zero-order chi connectivity index (χ0) is 11.8. The van der Waals surface area contributed by atoms with Gasteiger partial charge in [-0.15, -0.1) is 0 Å². The highest BCUT2D eigenvalue weighted by Gasteiger charge is 2.06. The molecule has 0 radical (unpaired) electrons. The summed E-state index contributed by atoms with van der Waals surface area (Å²) < 4.78 is 0. The Morgan fingerprint density at radius 2 is 2.31 bits per heavy atom. The summed E-state index contributed by atoms with van der Waals surface area (Å²) >= 11 is 0. The molecular formula is C12H19N3O. The Hall–Kier alpha value is -1.42. The molecule has 4 nitrogen and oxygen atoms in total. The van der Waals surface area contributed by atoms with E-state index in [0.717, 1.165) is 24.8 Å². The number of nitrogens with one attached hydrogen (secondary N) is 1. The van der Waals surface area contributed by atoms with Crippen molar-refractivity contribution in [1.82, 2.24) is 10.3 Å². The first-order chi connectivity index (χ1) is 7.77. The van der Waals surface area contributed by atoms with Crippen molar-refractivity contribution in [2.75, 3.05) is 6.54 Å². The van der Waals surface area contributed by atoms with E-state index in [-0.39, 0.29) is 5.91 Å². The van der Waals surface area contributed by atoms with Crippen molar-refractivity contribution in [2.45, 2.75) is 32.7 Å². The van der Waals surface area contributed by atoms with E-state index in [1.165, 1.54) is 0 Å². The molecule has 1 aromatic heterocycles. The van der Waals surface area contributed by atoms with Gasteiger partial charge < -0.3 is 11.1 Å². The van der Waals surface area contributed by atoms with Gasteiger partial charge in [0.1, 0.15) is 5.69 Å². The lowest BCUT2D eigenvalue weighted by atomic mass is 10.2. The van der Waals surface area contributed by atoms with Crippen LogP contribution in [0.3, 0.4) is 0 Å². The third-order valence-electron chi connectivity index (χ3n) is 2.36. The number of amides is 1. The lowest BCUT2D eigenvalue weighted by Gasteiger charge is -2.04. The summed E-state index contributed by atoms with van der Waals surface area (Å²) in [5, 5.41) is 2.84. The van der Waals surface area contributed by atoms with Crippen LogP contribution in [0, 0.1) is 0 Å². The molecule has 4 heteroatoms. The van der Waals surface area contributed by atoms with Crippen LogP contribution in [-0.2, 0) is 6.54 Å². The highest BCUT2D eigenvalue weighted by molar-refractivity contribution is 5.92. The number of nitrogens with zero attached hydrogens (tertiary/aromatic N) is 1. The number of hydrogen-bond acceptors (Lipinski definition) is 3. The summed E-state index contributed by atoms with van der Waals surface area (Å²) in [5.41, 5.74) is 6.87. The van der Waals surface area contributed by atoms with Crippen LogP contribution in [0.5, 0.6) is 0 Å². The van der Waals surface area contributed by atoms with E-state index in [0.29, 0.717) is 18.8 Å². The summed E-state index contributed by atoms with van der Waals surface area (Å²) in [6.45, 7) is 3.27. The number of carbonyl (C=O) groups is 1. The minimum atomic E-state index is -0.119. The molecule has 0 fully saturated rings. The highest BCUT2D eigenvalue weighted by Crippen LogP contribution is 2.01. The maximum atomic E-state index is 11.7. The van der Waals surface area contributed by atoms with Crippen molar-refractivity contribution >= 4 is 5.91 Å². The molecular weight excluding hydrogens is 202 g/mol. The summed E-state index contributed by atoms with van der Waals surface area (Å²) in [6.07, 6.45) is 4.91. The minimum absolute atomic E-state index is 0.119. The number of nitrogens with two attached hydrogens (primary N) is 1. The lowest BCUT2D eigenvalue weighted by Crippen LogP contribution is -2.25. The average molecular weight is 221 g/mol. The second-order valence-electron chi connectivity index (χ2n) is 3.72. The predicted octanol–water partition coefficient (Wildman–Crippen LogP) is 1.46. The van der Waals surface area contributed by atoms with Crippen LogP contribution in [-0.4, -0.2) is 17.4 Å². The average Bonchev–Trinajstić information content (AvgIpc) is 2.34. The van der Waals surface area contributed by atoms with Crippen LogP contribution >= 0.6 is 0 Å². The van der Waals surface area contributed by atoms with E-state index in [2.05, 4.69) is 17.2 Å². The molecule has 0 atom stereocenters. The van der Waals surface area contributed by atoms with Gasteiger partial charge in [-0.2, -0.15) is 0 Å². The third kappa shape index (κ3) is 3.98. The summed E-state index contributed by atoms with van der Waals surface area (Å²) in [5.74, 6) is -0.119. The van der Waals surface area contributed by atoms with Gasteiger partial charge in [0.05, 0.1) is 0 Å². The number of hydrogen-bond donors (Lipinski definition) is 2. The standard InChI is InChI=1S/C12H19N3O/c1-2-3-4-6-15-12(16)11-8-10(9-13)5-7-14-11/h5,7-8H,2-4,6,9,13H2,1H3,(H,15,16). The van der Waals surface area contributed by atoms with Crippen molar-refractivity contribution in [1.29, 1.82) is 0 Å². The van der Waals surface area contributed by atoms with Crippen LogP contribution < -0.4 is 11.1 Å². The van der Waals surface area contributed by atoms with E-state index in [9.17, 15) is 4.79 Å². The van der Waals surface area contributed by atoms with E-state index in [1.807, 2.05) is 6.07 Å². The molecule has 0 spiro atoms. The smallest absolute Gasteiger partial charge is 0.269 e. The Morgan fingerprint density at radius 1 is 1.50 bits per heavy atom. The maximum absolute atomic E-state index is 11.7. The monoisotopic (exact) mass is 221 g/mol. The molecule has 0 bridgehead atoms. The van der Waals surface area contributed by atoms with E-state index < -0.39 is 0 Å². The molecule has 1 aromatic rings. The van der Waals surface area contributed by atoms with Gasteiger partial charge in [-0.05, 0) is 24.1 Å². The second-order valence-corrected chi connectivity index (χ2v) is 3.72. The summed E-state index contributed by atoms with van der Waals surface area (Å²) in [4.78, 5) is 15.7. The van der Waals surface area contributed by atoms with Crippen LogP contribution in [0.15, 0.2) is 18.3 Å². The summed E-state index contributed by atoms with van der Waals surface area (Å²) in [7, 11) is 0. The van der Waals surface area contributed by atoms with Gasteiger partial charge in [0, 0.05) is 19.3 Å². The molecule has 1 amide bonds. The number of unbranched alkanes of at least 4 members (excludes halogenated alkanes) is 2. The SMILES string of the molecule is CCCCCNC(=O)c1cc(CN)ccn1. The van der Waals surface area contributed by atoms with E-state index in [4.69, 9.17) is 5.73 Å². The van der Waals surface area contributed by atoms with Gasteiger partial charge in [0.2, 0.25) is 0 Å². The molecule has 0 aliphatic carbocycles. The molecule has 0 unspecified atom stereocenters. The fourth-order valence-electron chi connectivity index (χ4n) is 1.39. The topological polar surface area (TPSA) is 68.0 Å². The molecule has 0 aliphatic heterocycles. The molecule has 3 N–H and O–H groups in total. The minimum Gasteiger partial charge on any atom is -0.351 e. The van der Waals surface area contributed by atoms with Gasteiger partial charge >= 0.3 is 0 Å². The van der Waals surface area contributed by atoms with Gasteiger partial charge in [-0.1, -0.05) is 19.8 Å². The fourth-order valence-corrected chi connectivity index (χ4v) is 1.39. The molecule has 0 saturated heterocycles. The quantitative estimate of drug-likeness (QED) is 0.715. The van der Waals surface area contributed by atoms with Crippen LogP contribution in [0.2, 0.25) is 0 Å². The lowest BCUT2D eigenvalue weighted by molar-refractivity contribution is 0.0948. The molecule has 0 aromatic carbocycles. The van der Waals surface area contributed by atoms with Gasteiger partial charge in [-0.3, -0.25) is 9.78 Å². The first-order valence-corrected chi connectivity index (χ1v) is 5.71. The van der Waals surface area contributed by atoms with Gasteiger partial charge in [0.25, 0.3) is 5.91 Å². The van der Waals surface area contributed by atoms with Gasteiger partial charge in [-0.25, -0.2) is 0 Å². The molecule has 16 heavy (non-hydrogen) atoms. The zero-order valence-electron chi connectivity index (χ0n) is 9.70. The Morgan fingerprint density at radius 3 is 3.00 bits per heavy atom. The number of aromatic nitrogens is 1. The van der Waals surface area contributed by atoms with E-state index in [1.54, 1.807) is 12.3 Å².